The average molecular weight is 396 g/mol. The topological polar surface area (TPSA) is 67.9 Å². The Morgan fingerprint density at radius 3 is 2.55 bits per heavy atom. The van der Waals surface area contributed by atoms with Gasteiger partial charge in [0.05, 0.1) is 20.1 Å². The molecule has 0 aliphatic carbocycles. The molecule has 1 heterocycles. The molecule has 3 rings (SSSR count). The van der Waals surface area contributed by atoms with E-state index in [-0.39, 0.29) is 24.2 Å². The van der Waals surface area contributed by atoms with Crippen LogP contribution in [0.2, 0.25) is 0 Å². The number of nitrogens with zero attached hydrogens (tertiary/aromatic N) is 1. The third-order valence-corrected chi connectivity index (χ3v) is 5.42. The third-order valence-electron chi connectivity index (χ3n) is 5.42. The van der Waals surface area contributed by atoms with Crippen molar-refractivity contribution in [3.05, 3.63) is 54.1 Å². The maximum Gasteiger partial charge on any atom is 0.227 e. The normalized spacial score (nSPS) is 17.1. The molecule has 1 N–H and O–H groups in total. The maximum atomic E-state index is 12.6. The van der Waals surface area contributed by atoms with E-state index in [1.165, 1.54) is 5.56 Å². The molecular formula is C23H28N2O4. The van der Waals surface area contributed by atoms with E-state index in [0.717, 1.165) is 6.42 Å². The third kappa shape index (κ3) is 4.88. The fourth-order valence-corrected chi connectivity index (χ4v) is 3.63. The average Bonchev–Trinajstić information content (AvgIpc) is 3.15. The molecule has 0 radical (unpaired) electrons. The van der Waals surface area contributed by atoms with Crippen molar-refractivity contribution in [2.75, 3.05) is 32.2 Å². The van der Waals surface area contributed by atoms with Crippen molar-refractivity contribution in [2.24, 2.45) is 5.92 Å². The highest BCUT2D eigenvalue weighted by molar-refractivity contribution is 6.00. The number of carbonyl (C=O) groups is 2. The van der Waals surface area contributed by atoms with Crippen LogP contribution in [0.25, 0.3) is 0 Å². The van der Waals surface area contributed by atoms with Gasteiger partial charge in [0.1, 0.15) is 0 Å². The Morgan fingerprint density at radius 1 is 1.14 bits per heavy atom. The fraction of sp³-hybridized carbons (Fsp3) is 0.391. The van der Waals surface area contributed by atoms with Gasteiger partial charge in [-0.3, -0.25) is 9.59 Å². The summed E-state index contributed by atoms with van der Waals surface area (Å²) < 4.78 is 10.6. The molecule has 1 fully saturated rings. The van der Waals surface area contributed by atoms with Gasteiger partial charge in [0, 0.05) is 31.3 Å². The Bertz CT molecular complexity index is 853. The van der Waals surface area contributed by atoms with E-state index in [2.05, 4.69) is 24.4 Å². The zero-order valence-corrected chi connectivity index (χ0v) is 17.2. The molecule has 2 unspecified atom stereocenters. The van der Waals surface area contributed by atoms with E-state index in [1.807, 2.05) is 18.2 Å². The SMILES string of the molecule is COc1ccc(N2CC(C(=O)NCCC(C)c3ccccc3)CC2=O)cc1OC. The summed E-state index contributed by atoms with van der Waals surface area (Å²) in [5, 5.41) is 3.00. The summed E-state index contributed by atoms with van der Waals surface area (Å²) >= 11 is 0. The highest BCUT2D eigenvalue weighted by Crippen LogP contribution is 2.34. The van der Waals surface area contributed by atoms with Crippen LogP contribution in [0.5, 0.6) is 11.5 Å². The van der Waals surface area contributed by atoms with Crippen LogP contribution in [0.15, 0.2) is 48.5 Å². The van der Waals surface area contributed by atoms with Gasteiger partial charge in [-0.2, -0.15) is 0 Å². The lowest BCUT2D eigenvalue weighted by Crippen LogP contribution is -2.33. The molecule has 2 aromatic carbocycles. The smallest absolute Gasteiger partial charge is 0.227 e. The van der Waals surface area contributed by atoms with Gasteiger partial charge in [0.25, 0.3) is 0 Å². The van der Waals surface area contributed by atoms with Crippen LogP contribution < -0.4 is 19.7 Å². The second-order valence-corrected chi connectivity index (χ2v) is 7.34. The quantitative estimate of drug-likeness (QED) is 0.743. The minimum Gasteiger partial charge on any atom is -0.493 e. The molecule has 6 heteroatoms. The van der Waals surface area contributed by atoms with Crippen LogP contribution >= 0.6 is 0 Å². The van der Waals surface area contributed by atoms with E-state index in [0.29, 0.717) is 36.2 Å². The Morgan fingerprint density at radius 2 is 1.86 bits per heavy atom. The number of hydrogen-bond donors (Lipinski definition) is 1. The number of carbonyl (C=O) groups excluding carboxylic acids is 2. The zero-order valence-electron chi connectivity index (χ0n) is 17.2. The molecule has 0 aromatic heterocycles. The molecule has 0 saturated carbocycles. The van der Waals surface area contributed by atoms with Gasteiger partial charge in [-0.05, 0) is 30.0 Å². The van der Waals surface area contributed by atoms with Crippen LogP contribution in [0.1, 0.15) is 31.2 Å². The van der Waals surface area contributed by atoms with Crippen molar-refractivity contribution in [1.82, 2.24) is 5.32 Å². The molecule has 2 atom stereocenters. The van der Waals surface area contributed by atoms with Crippen molar-refractivity contribution >= 4 is 17.5 Å². The molecule has 6 nitrogen and oxygen atoms in total. The number of hydrogen-bond acceptors (Lipinski definition) is 4. The molecular weight excluding hydrogens is 368 g/mol. The Balaban J connectivity index is 1.55. The molecule has 1 aliphatic rings. The Hall–Kier alpha value is -3.02. The van der Waals surface area contributed by atoms with E-state index < -0.39 is 0 Å². The van der Waals surface area contributed by atoms with Gasteiger partial charge in [-0.1, -0.05) is 37.3 Å². The highest BCUT2D eigenvalue weighted by Gasteiger charge is 2.35. The summed E-state index contributed by atoms with van der Waals surface area (Å²) in [5.41, 5.74) is 1.97. The highest BCUT2D eigenvalue weighted by atomic mass is 16.5. The minimum absolute atomic E-state index is 0.0602. The second kappa shape index (κ2) is 9.45. The Labute approximate surface area is 171 Å². The van der Waals surface area contributed by atoms with Crippen LogP contribution in [-0.2, 0) is 9.59 Å². The summed E-state index contributed by atoms with van der Waals surface area (Å²) in [6, 6.07) is 15.6. The summed E-state index contributed by atoms with van der Waals surface area (Å²) in [7, 11) is 3.12. The monoisotopic (exact) mass is 396 g/mol. The molecule has 154 valence electrons. The van der Waals surface area contributed by atoms with Gasteiger partial charge in [0.2, 0.25) is 11.8 Å². The molecule has 2 aromatic rings. The van der Waals surface area contributed by atoms with Crippen molar-refractivity contribution in [3.63, 3.8) is 0 Å². The number of benzene rings is 2. The number of rotatable bonds is 8. The number of methoxy groups -OCH3 is 2. The van der Waals surface area contributed by atoms with E-state index >= 15 is 0 Å². The number of nitrogens with one attached hydrogen (secondary N) is 1. The van der Waals surface area contributed by atoms with Crippen molar-refractivity contribution in [3.8, 4) is 11.5 Å². The van der Waals surface area contributed by atoms with Crippen LogP contribution in [0.3, 0.4) is 0 Å². The minimum atomic E-state index is -0.345. The Kier molecular flexibility index (Phi) is 6.75. The van der Waals surface area contributed by atoms with Gasteiger partial charge in [0.15, 0.2) is 11.5 Å². The van der Waals surface area contributed by atoms with Gasteiger partial charge >= 0.3 is 0 Å². The second-order valence-electron chi connectivity index (χ2n) is 7.34. The molecule has 1 saturated heterocycles. The maximum absolute atomic E-state index is 12.6. The molecule has 0 spiro atoms. The van der Waals surface area contributed by atoms with Crippen molar-refractivity contribution < 1.29 is 19.1 Å². The first-order valence-corrected chi connectivity index (χ1v) is 9.88. The largest absolute Gasteiger partial charge is 0.493 e. The van der Waals surface area contributed by atoms with E-state index in [1.54, 1.807) is 37.3 Å². The fourth-order valence-electron chi connectivity index (χ4n) is 3.63. The summed E-state index contributed by atoms with van der Waals surface area (Å²) in [6.45, 7) is 3.11. The van der Waals surface area contributed by atoms with Crippen LogP contribution in [-0.4, -0.2) is 39.1 Å². The summed E-state index contributed by atoms with van der Waals surface area (Å²) in [5.74, 6) is 1.05. The van der Waals surface area contributed by atoms with Crippen LogP contribution in [0.4, 0.5) is 5.69 Å². The first kappa shape index (κ1) is 20.7. The number of amides is 2. The van der Waals surface area contributed by atoms with Crippen molar-refractivity contribution in [1.29, 1.82) is 0 Å². The van der Waals surface area contributed by atoms with E-state index in [4.69, 9.17) is 9.47 Å². The van der Waals surface area contributed by atoms with Gasteiger partial charge < -0.3 is 19.7 Å². The number of anilines is 1. The first-order valence-electron chi connectivity index (χ1n) is 9.88. The van der Waals surface area contributed by atoms with Crippen molar-refractivity contribution in [2.45, 2.75) is 25.7 Å². The summed E-state index contributed by atoms with van der Waals surface area (Å²) in [6.07, 6.45) is 1.07. The molecule has 1 aliphatic heterocycles. The lowest BCUT2D eigenvalue weighted by molar-refractivity contribution is -0.126. The van der Waals surface area contributed by atoms with E-state index in [9.17, 15) is 9.59 Å². The first-order chi connectivity index (χ1) is 14.0. The summed E-state index contributed by atoms with van der Waals surface area (Å²) in [4.78, 5) is 26.7. The van der Waals surface area contributed by atoms with Crippen LogP contribution in [0, 0.1) is 5.92 Å². The molecule has 29 heavy (non-hydrogen) atoms. The predicted octanol–water partition coefficient (Wildman–Crippen LogP) is 3.37. The predicted molar refractivity (Wildman–Crippen MR) is 112 cm³/mol. The van der Waals surface area contributed by atoms with Gasteiger partial charge in [-0.25, -0.2) is 0 Å². The lowest BCUT2D eigenvalue weighted by Gasteiger charge is -2.19. The number of ether oxygens (including phenoxy) is 2. The standard InChI is InChI=1S/C23H28N2O4/c1-16(17-7-5-4-6-8-17)11-12-24-23(27)18-13-22(26)25(15-18)19-9-10-20(28-2)21(14-19)29-3/h4-10,14,16,18H,11-13,15H2,1-3H3,(H,24,27). The molecule has 2 amide bonds. The van der Waals surface area contributed by atoms with Gasteiger partial charge in [-0.15, -0.1) is 0 Å². The molecule has 0 bridgehead atoms. The zero-order chi connectivity index (χ0) is 20.8. The lowest BCUT2D eigenvalue weighted by atomic mass is 9.98.